The van der Waals surface area contributed by atoms with Gasteiger partial charge in [0.1, 0.15) is 6.61 Å². The van der Waals surface area contributed by atoms with Crippen molar-refractivity contribution in [1.82, 2.24) is 9.88 Å². The van der Waals surface area contributed by atoms with Crippen LogP contribution < -0.4 is 15.0 Å². The Hall–Kier alpha value is -3.32. The number of ether oxygens (including phenoxy) is 3. The minimum absolute atomic E-state index is 0.0519. The van der Waals surface area contributed by atoms with Gasteiger partial charge in [0.05, 0.1) is 25.8 Å². The summed E-state index contributed by atoms with van der Waals surface area (Å²) in [6, 6.07) is 11.0. The van der Waals surface area contributed by atoms with E-state index in [1.807, 2.05) is 43.3 Å². The standard InChI is InChI=1S/C24H26N2O5/c1-14-6-5-7-16-10-18(24(28)25-22(14)16)23-17-12-20(31-4)19(30-3)11-15(17)8-9-26(23)21(27)13-29-2/h5-7,10-12,23H,8-9,13H2,1-4H3,(H,25,28)/t23-/m0/s1. The molecule has 0 fully saturated rings. The van der Waals surface area contributed by atoms with Gasteiger partial charge in [0.25, 0.3) is 5.56 Å². The quantitative estimate of drug-likeness (QED) is 0.684. The Balaban J connectivity index is 1.96. The fourth-order valence-corrected chi connectivity index (χ4v) is 4.36. The molecular formula is C24H26N2O5. The maximum absolute atomic E-state index is 13.2. The van der Waals surface area contributed by atoms with Crippen molar-refractivity contribution >= 4 is 16.8 Å². The smallest absolute Gasteiger partial charge is 0.254 e. The number of pyridine rings is 1. The highest BCUT2D eigenvalue weighted by Gasteiger charge is 2.35. The molecule has 0 radical (unpaired) electrons. The molecule has 2 heterocycles. The number of aryl methyl sites for hydroxylation is 1. The fraction of sp³-hybridized carbons (Fsp3) is 0.333. The van der Waals surface area contributed by atoms with E-state index in [0.29, 0.717) is 30.0 Å². The zero-order chi connectivity index (χ0) is 22.1. The first-order valence-electron chi connectivity index (χ1n) is 10.1. The number of hydrogen-bond acceptors (Lipinski definition) is 5. The molecular weight excluding hydrogens is 396 g/mol. The number of methoxy groups -OCH3 is 3. The number of amides is 1. The number of rotatable bonds is 5. The Kier molecular flexibility index (Phi) is 5.69. The summed E-state index contributed by atoms with van der Waals surface area (Å²) in [5, 5.41) is 0.918. The minimum Gasteiger partial charge on any atom is -0.493 e. The summed E-state index contributed by atoms with van der Waals surface area (Å²) in [6.45, 7) is 2.38. The second-order valence-corrected chi connectivity index (χ2v) is 7.67. The van der Waals surface area contributed by atoms with E-state index in [1.54, 1.807) is 19.1 Å². The summed E-state index contributed by atoms with van der Waals surface area (Å²) in [4.78, 5) is 30.9. The highest BCUT2D eigenvalue weighted by molar-refractivity contribution is 5.83. The molecule has 31 heavy (non-hydrogen) atoms. The second kappa shape index (κ2) is 8.43. The lowest BCUT2D eigenvalue weighted by atomic mass is 9.87. The summed E-state index contributed by atoms with van der Waals surface area (Å²) in [7, 11) is 4.65. The molecule has 7 heteroatoms. The molecule has 3 aromatic rings. The summed E-state index contributed by atoms with van der Waals surface area (Å²) in [5.74, 6) is 1.01. The maximum atomic E-state index is 13.2. The van der Waals surface area contributed by atoms with Gasteiger partial charge >= 0.3 is 0 Å². The van der Waals surface area contributed by atoms with Crippen molar-refractivity contribution < 1.29 is 19.0 Å². The molecule has 1 amide bonds. The predicted molar refractivity (Wildman–Crippen MR) is 118 cm³/mol. The van der Waals surface area contributed by atoms with Crippen LogP contribution in [0.4, 0.5) is 0 Å². The van der Waals surface area contributed by atoms with E-state index in [1.165, 1.54) is 7.11 Å². The number of hydrogen-bond donors (Lipinski definition) is 1. The highest BCUT2D eigenvalue weighted by Crippen LogP contribution is 2.40. The van der Waals surface area contributed by atoms with Crippen molar-refractivity contribution in [3.05, 3.63) is 69.0 Å². The lowest BCUT2D eigenvalue weighted by molar-refractivity contribution is -0.137. The van der Waals surface area contributed by atoms with Crippen LogP contribution in [-0.4, -0.2) is 50.3 Å². The summed E-state index contributed by atoms with van der Waals surface area (Å²) in [6.07, 6.45) is 0.645. The van der Waals surface area contributed by atoms with Crippen molar-refractivity contribution in [2.24, 2.45) is 0 Å². The third-order valence-corrected chi connectivity index (χ3v) is 5.87. The predicted octanol–water partition coefficient (Wildman–Crippen LogP) is 2.97. The Morgan fingerprint density at radius 3 is 2.55 bits per heavy atom. The first-order chi connectivity index (χ1) is 15.0. The number of carbonyl (C=O) groups excluding carboxylic acids is 1. The van der Waals surface area contributed by atoms with Crippen molar-refractivity contribution in [1.29, 1.82) is 0 Å². The molecule has 0 spiro atoms. The molecule has 0 aliphatic carbocycles. The van der Waals surface area contributed by atoms with Gasteiger partial charge in [-0.05, 0) is 53.6 Å². The molecule has 1 aromatic heterocycles. The molecule has 0 saturated heterocycles. The Morgan fingerprint density at radius 1 is 1.10 bits per heavy atom. The van der Waals surface area contributed by atoms with Gasteiger partial charge in [0.2, 0.25) is 5.91 Å². The first-order valence-corrected chi connectivity index (χ1v) is 10.1. The molecule has 0 unspecified atom stereocenters. The third-order valence-electron chi connectivity index (χ3n) is 5.87. The molecule has 162 valence electrons. The molecule has 0 saturated carbocycles. The lowest BCUT2D eigenvalue weighted by Gasteiger charge is -2.37. The van der Waals surface area contributed by atoms with Crippen LogP contribution in [0.2, 0.25) is 0 Å². The van der Waals surface area contributed by atoms with Crippen molar-refractivity contribution in [3.8, 4) is 11.5 Å². The molecule has 2 aromatic carbocycles. The Bertz CT molecular complexity index is 1200. The third kappa shape index (κ3) is 3.65. The van der Waals surface area contributed by atoms with E-state index in [2.05, 4.69) is 4.98 Å². The zero-order valence-electron chi connectivity index (χ0n) is 18.2. The maximum Gasteiger partial charge on any atom is 0.254 e. The van der Waals surface area contributed by atoms with Gasteiger partial charge in [-0.2, -0.15) is 0 Å². The van der Waals surface area contributed by atoms with Gasteiger partial charge in [0.15, 0.2) is 11.5 Å². The van der Waals surface area contributed by atoms with E-state index < -0.39 is 6.04 Å². The molecule has 7 nitrogen and oxygen atoms in total. The monoisotopic (exact) mass is 422 g/mol. The van der Waals surface area contributed by atoms with Gasteiger partial charge in [-0.1, -0.05) is 18.2 Å². The molecule has 1 aliphatic heterocycles. The molecule has 4 rings (SSSR count). The van der Waals surface area contributed by atoms with Gasteiger partial charge < -0.3 is 24.1 Å². The van der Waals surface area contributed by atoms with Crippen LogP contribution in [0.25, 0.3) is 10.9 Å². The van der Waals surface area contributed by atoms with Crippen molar-refractivity contribution in [2.45, 2.75) is 19.4 Å². The summed E-state index contributed by atoms with van der Waals surface area (Å²) >= 11 is 0. The van der Waals surface area contributed by atoms with Gasteiger partial charge in [-0.25, -0.2) is 0 Å². The van der Waals surface area contributed by atoms with Crippen LogP contribution in [0.15, 0.2) is 41.2 Å². The SMILES string of the molecule is COCC(=O)N1CCc2cc(OC)c(OC)cc2[C@H]1c1cc2cccc(C)c2[nH]c1=O. The largest absolute Gasteiger partial charge is 0.493 e. The van der Waals surface area contributed by atoms with Crippen LogP contribution in [-0.2, 0) is 16.0 Å². The number of fused-ring (bicyclic) bond motifs is 2. The highest BCUT2D eigenvalue weighted by atomic mass is 16.5. The van der Waals surface area contributed by atoms with E-state index >= 15 is 0 Å². The number of carbonyl (C=O) groups is 1. The zero-order valence-corrected chi connectivity index (χ0v) is 18.2. The van der Waals surface area contributed by atoms with E-state index in [0.717, 1.165) is 27.6 Å². The second-order valence-electron chi connectivity index (χ2n) is 7.67. The van der Waals surface area contributed by atoms with Crippen molar-refractivity contribution in [2.75, 3.05) is 34.5 Å². The van der Waals surface area contributed by atoms with E-state index in [9.17, 15) is 9.59 Å². The van der Waals surface area contributed by atoms with E-state index in [-0.39, 0.29) is 18.1 Å². The van der Waals surface area contributed by atoms with Gasteiger partial charge in [0, 0.05) is 19.2 Å². The number of aromatic nitrogens is 1. The normalized spacial score (nSPS) is 15.6. The Morgan fingerprint density at radius 2 is 1.84 bits per heavy atom. The average Bonchev–Trinajstić information content (AvgIpc) is 2.77. The number of nitrogens with one attached hydrogen (secondary N) is 1. The molecule has 0 bridgehead atoms. The first kappa shape index (κ1) is 20.9. The molecule has 1 N–H and O–H groups in total. The number of H-pyrrole nitrogens is 1. The van der Waals surface area contributed by atoms with Crippen LogP contribution in [0.1, 0.15) is 28.3 Å². The fourth-order valence-electron chi connectivity index (χ4n) is 4.36. The number of benzene rings is 2. The van der Waals surface area contributed by atoms with Gasteiger partial charge in [-0.3, -0.25) is 9.59 Å². The topological polar surface area (TPSA) is 80.9 Å². The average molecular weight is 422 g/mol. The van der Waals surface area contributed by atoms with Crippen LogP contribution in [0.5, 0.6) is 11.5 Å². The Labute approximate surface area is 180 Å². The van der Waals surface area contributed by atoms with Crippen molar-refractivity contribution in [3.63, 3.8) is 0 Å². The van der Waals surface area contributed by atoms with Crippen LogP contribution >= 0.6 is 0 Å². The van der Waals surface area contributed by atoms with Crippen LogP contribution in [0, 0.1) is 6.92 Å². The molecule has 1 aliphatic rings. The molecule has 1 atom stereocenters. The van der Waals surface area contributed by atoms with E-state index in [4.69, 9.17) is 14.2 Å². The summed E-state index contributed by atoms with van der Waals surface area (Å²) in [5.41, 5.74) is 3.96. The number of para-hydroxylation sites is 1. The summed E-state index contributed by atoms with van der Waals surface area (Å²) < 4.78 is 16.1. The minimum atomic E-state index is -0.556. The lowest BCUT2D eigenvalue weighted by Crippen LogP contribution is -2.44. The van der Waals surface area contributed by atoms with Gasteiger partial charge in [-0.15, -0.1) is 0 Å². The number of nitrogens with zero attached hydrogens (tertiary/aromatic N) is 1. The number of aromatic amines is 1. The van der Waals surface area contributed by atoms with Crippen LogP contribution in [0.3, 0.4) is 0 Å².